The predicted octanol–water partition coefficient (Wildman–Crippen LogP) is 1.87. The third kappa shape index (κ3) is 3.15. The third-order valence-corrected chi connectivity index (χ3v) is 3.37. The Labute approximate surface area is 108 Å². The second-order valence-electron chi connectivity index (χ2n) is 4.83. The summed E-state index contributed by atoms with van der Waals surface area (Å²) in [4.78, 5) is 0. The Hall–Kier alpha value is -1.26. The first kappa shape index (κ1) is 13.2. The van der Waals surface area contributed by atoms with E-state index in [9.17, 15) is 5.11 Å². The zero-order chi connectivity index (χ0) is 13.0. The molecule has 1 aromatic rings. The molecule has 1 aromatic carbocycles. The number of aliphatic hydroxyl groups is 1. The van der Waals surface area contributed by atoms with Crippen molar-refractivity contribution >= 4 is 5.69 Å². The molecule has 0 aromatic heterocycles. The molecule has 2 unspecified atom stereocenters. The van der Waals surface area contributed by atoms with Crippen LogP contribution < -0.4 is 15.8 Å². The molecule has 100 valence electrons. The number of rotatable bonds is 5. The maximum atomic E-state index is 9.34. The van der Waals surface area contributed by atoms with Gasteiger partial charge in [0.25, 0.3) is 0 Å². The highest BCUT2D eigenvalue weighted by molar-refractivity contribution is 5.51. The van der Waals surface area contributed by atoms with Gasteiger partial charge in [0.05, 0.1) is 13.2 Å². The first-order valence-corrected chi connectivity index (χ1v) is 6.61. The van der Waals surface area contributed by atoms with Crippen molar-refractivity contribution in [1.29, 1.82) is 0 Å². The molecule has 4 heteroatoms. The summed E-state index contributed by atoms with van der Waals surface area (Å²) in [6.45, 7) is 2.54. The highest BCUT2D eigenvalue weighted by atomic mass is 16.5. The van der Waals surface area contributed by atoms with Crippen LogP contribution in [0.15, 0.2) is 18.2 Å². The zero-order valence-electron chi connectivity index (χ0n) is 10.9. The SMILES string of the molecule is CCOc1ccc(NC2CCC(N)C2)cc1CO. The Kier molecular flexibility index (Phi) is 4.44. The molecule has 0 aliphatic heterocycles. The van der Waals surface area contributed by atoms with E-state index in [1.807, 2.05) is 25.1 Å². The minimum Gasteiger partial charge on any atom is -0.494 e. The molecular formula is C14H22N2O2. The Morgan fingerprint density at radius 3 is 2.89 bits per heavy atom. The van der Waals surface area contributed by atoms with Crippen molar-refractivity contribution in [1.82, 2.24) is 0 Å². The lowest BCUT2D eigenvalue weighted by Gasteiger charge is -2.16. The lowest BCUT2D eigenvalue weighted by atomic mass is 10.1. The first-order chi connectivity index (χ1) is 8.72. The van der Waals surface area contributed by atoms with Crippen molar-refractivity contribution in [2.75, 3.05) is 11.9 Å². The summed E-state index contributed by atoms with van der Waals surface area (Å²) in [6, 6.07) is 6.63. The fraction of sp³-hybridized carbons (Fsp3) is 0.571. The number of nitrogens with two attached hydrogens (primary N) is 1. The van der Waals surface area contributed by atoms with Gasteiger partial charge in [-0.2, -0.15) is 0 Å². The van der Waals surface area contributed by atoms with Gasteiger partial charge in [0.15, 0.2) is 0 Å². The minimum absolute atomic E-state index is 0.00493. The Morgan fingerprint density at radius 2 is 2.28 bits per heavy atom. The van der Waals surface area contributed by atoms with Gasteiger partial charge in [0, 0.05) is 23.3 Å². The number of hydrogen-bond acceptors (Lipinski definition) is 4. The van der Waals surface area contributed by atoms with Crippen molar-refractivity contribution in [3.05, 3.63) is 23.8 Å². The first-order valence-electron chi connectivity index (χ1n) is 6.61. The standard InChI is InChI=1S/C14H22N2O2/c1-2-18-14-6-5-12(7-10(14)9-17)16-13-4-3-11(15)8-13/h5-7,11,13,16-17H,2-4,8-9,15H2,1H3. The summed E-state index contributed by atoms with van der Waals surface area (Å²) >= 11 is 0. The highest BCUT2D eigenvalue weighted by Crippen LogP contribution is 2.26. The van der Waals surface area contributed by atoms with Crippen molar-refractivity contribution in [3.8, 4) is 5.75 Å². The number of aliphatic hydroxyl groups excluding tert-OH is 1. The molecule has 18 heavy (non-hydrogen) atoms. The maximum Gasteiger partial charge on any atom is 0.124 e. The normalized spacial score (nSPS) is 23.1. The van der Waals surface area contributed by atoms with Crippen molar-refractivity contribution in [3.63, 3.8) is 0 Å². The van der Waals surface area contributed by atoms with Crippen LogP contribution in [0.5, 0.6) is 5.75 Å². The van der Waals surface area contributed by atoms with Gasteiger partial charge in [0.1, 0.15) is 5.75 Å². The molecule has 2 rings (SSSR count). The zero-order valence-corrected chi connectivity index (χ0v) is 10.9. The van der Waals surface area contributed by atoms with E-state index < -0.39 is 0 Å². The lowest BCUT2D eigenvalue weighted by molar-refractivity contribution is 0.267. The van der Waals surface area contributed by atoms with Gasteiger partial charge in [-0.15, -0.1) is 0 Å². The molecule has 4 N–H and O–H groups in total. The second kappa shape index (κ2) is 6.07. The van der Waals surface area contributed by atoms with Crippen LogP contribution in [0.2, 0.25) is 0 Å². The van der Waals surface area contributed by atoms with Gasteiger partial charge in [-0.25, -0.2) is 0 Å². The molecule has 0 saturated heterocycles. The van der Waals surface area contributed by atoms with E-state index in [-0.39, 0.29) is 6.61 Å². The lowest BCUT2D eigenvalue weighted by Crippen LogP contribution is -2.20. The van der Waals surface area contributed by atoms with Gasteiger partial charge in [-0.05, 0) is 44.4 Å². The highest BCUT2D eigenvalue weighted by Gasteiger charge is 2.21. The quantitative estimate of drug-likeness (QED) is 0.746. The predicted molar refractivity (Wildman–Crippen MR) is 72.8 cm³/mol. The summed E-state index contributed by atoms with van der Waals surface area (Å²) in [6.07, 6.45) is 3.21. The number of benzene rings is 1. The smallest absolute Gasteiger partial charge is 0.124 e. The molecule has 1 saturated carbocycles. The number of hydrogen-bond donors (Lipinski definition) is 3. The van der Waals surface area contributed by atoms with Crippen LogP contribution >= 0.6 is 0 Å². The molecule has 0 amide bonds. The van der Waals surface area contributed by atoms with Gasteiger partial charge >= 0.3 is 0 Å². The van der Waals surface area contributed by atoms with Crippen LogP contribution in [0.25, 0.3) is 0 Å². The van der Waals surface area contributed by atoms with E-state index in [0.717, 1.165) is 36.3 Å². The average Bonchev–Trinajstić information content (AvgIpc) is 2.77. The van der Waals surface area contributed by atoms with E-state index in [0.29, 0.717) is 18.7 Å². The van der Waals surface area contributed by atoms with Crippen LogP contribution in [0.1, 0.15) is 31.7 Å². The Balaban J connectivity index is 2.05. The molecule has 0 spiro atoms. The second-order valence-corrected chi connectivity index (χ2v) is 4.83. The Bertz CT molecular complexity index is 395. The molecule has 0 radical (unpaired) electrons. The van der Waals surface area contributed by atoms with Crippen LogP contribution in [0.4, 0.5) is 5.69 Å². The fourth-order valence-corrected chi connectivity index (χ4v) is 2.47. The number of ether oxygens (including phenoxy) is 1. The molecule has 0 bridgehead atoms. The van der Waals surface area contributed by atoms with E-state index in [2.05, 4.69) is 5.32 Å². The van der Waals surface area contributed by atoms with E-state index in [4.69, 9.17) is 10.5 Å². The molecule has 2 atom stereocenters. The molecule has 1 aliphatic carbocycles. The van der Waals surface area contributed by atoms with Gasteiger partial charge in [0.2, 0.25) is 0 Å². The molecule has 1 aliphatic rings. The Morgan fingerprint density at radius 1 is 1.44 bits per heavy atom. The van der Waals surface area contributed by atoms with E-state index >= 15 is 0 Å². The topological polar surface area (TPSA) is 67.5 Å². The number of nitrogens with one attached hydrogen (secondary N) is 1. The molecular weight excluding hydrogens is 228 g/mol. The van der Waals surface area contributed by atoms with Crippen LogP contribution in [-0.2, 0) is 6.61 Å². The third-order valence-electron chi connectivity index (χ3n) is 3.37. The molecule has 1 fully saturated rings. The minimum atomic E-state index is -0.00493. The summed E-state index contributed by atoms with van der Waals surface area (Å²) in [5.41, 5.74) is 7.75. The summed E-state index contributed by atoms with van der Waals surface area (Å²) < 4.78 is 5.46. The van der Waals surface area contributed by atoms with Crippen LogP contribution in [-0.4, -0.2) is 23.8 Å². The van der Waals surface area contributed by atoms with Crippen molar-refractivity contribution in [2.45, 2.75) is 44.9 Å². The van der Waals surface area contributed by atoms with E-state index in [1.165, 1.54) is 0 Å². The monoisotopic (exact) mass is 250 g/mol. The van der Waals surface area contributed by atoms with Gasteiger partial charge in [-0.1, -0.05) is 0 Å². The van der Waals surface area contributed by atoms with Gasteiger partial charge < -0.3 is 20.9 Å². The average molecular weight is 250 g/mol. The molecule has 0 heterocycles. The number of anilines is 1. The summed E-state index contributed by atoms with van der Waals surface area (Å²) in [5, 5.41) is 12.8. The summed E-state index contributed by atoms with van der Waals surface area (Å²) in [7, 11) is 0. The maximum absolute atomic E-state index is 9.34. The van der Waals surface area contributed by atoms with Crippen molar-refractivity contribution < 1.29 is 9.84 Å². The van der Waals surface area contributed by atoms with Crippen LogP contribution in [0.3, 0.4) is 0 Å². The largest absolute Gasteiger partial charge is 0.494 e. The van der Waals surface area contributed by atoms with E-state index in [1.54, 1.807) is 0 Å². The van der Waals surface area contributed by atoms with Gasteiger partial charge in [-0.3, -0.25) is 0 Å². The fourth-order valence-electron chi connectivity index (χ4n) is 2.47. The summed E-state index contributed by atoms with van der Waals surface area (Å²) in [5.74, 6) is 0.758. The molecule has 4 nitrogen and oxygen atoms in total. The van der Waals surface area contributed by atoms with Crippen molar-refractivity contribution in [2.24, 2.45) is 5.73 Å². The van der Waals surface area contributed by atoms with Crippen LogP contribution in [0, 0.1) is 0 Å².